The first-order valence-electron chi connectivity index (χ1n) is 17.4. The molecule has 1 heteroatoms. The molecule has 2 aliphatic carbocycles. The van der Waals surface area contributed by atoms with E-state index in [0.29, 0.717) is 0 Å². The molecule has 0 bridgehead atoms. The number of rotatable bonds is 5. The Morgan fingerprint density at radius 3 is 1.96 bits per heavy atom. The number of benzene rings is 7. The van der Waals surface area contributed by atoms with Gasteiger partial charge >= 0.3 is 0 Å². The van der Waals surface area contributed by atoms with Gasteiger partial charge in [0.25, 0.3) is 0 Å². The molecule has 0 amide bonds. The zero-order valence-electron chi connectivity index (χ0n) is 27.7. The minimum atomic E-state index is -0.613. The van der Waals surface area contributed by atoms with E-state index in [1.54, 1.807) is 0 Å². The smallest absolute Gasteiger partial charge is 0.107 e. The van der Waals surface area contributed by atoms with E-state index in [2.05, 4.69) is 211 Å². The van der Waals surface area contributed by atoms with Gasteiger partial charge in [0.05, 0.1) is 0 Å². The molecule has 236 valence electrons. The number of nitrogens with zero attached hydrogens (tertiary/aromatic N) is 1. The molecule has 7 aromatic rings. The standard InChI is InChI=1S/C49H35N/c1-4-14-36(15-5-1)32-33-49(41-27-24-38-18-10-11-19-40(38)34-41)47-23-13-12-22-45(47)46-35-44(30-31-48(46)49)50(42-20-8-3-9-21-42)43-28-25-39(26-29-43)37-16-6-2-7-17-37/h1-14,16-31,34-36H,15H2. The zero-order valence-corrected chi connectivity index (χ0v) is 27.7. The highest BCUT2D eigenvalue weighted by Crippen LogP contribution is 2.54. The summed E-state index contributed by atoms with van der Waals surface area (Å²) in [4.78, 5) is 2.36. The van der Waals surface area contributed by atoms with Crippen molar-refractivity contribution in [3.8, 4) is 34.1 Å². The number of para-hydroxylation sites is 1. The van der Waals surface area contributed by atoms with Crippen molar-refractivity contribution in [1.29, 1.82) is 0 Å². The molecule has 0 spiro atoms. The largest absolute Gasteiger partial charge is 0.310 e. The Morgan fingerprint density at radius 1 is 0.500 bits per heavy atom. The van der Waals surface area contributed by atoms with Gasteiger partial charge in [0.2, 0.25) is 0 Å². The van der Waals surface area contributed by atoms with Crippen LogP contribution in [0.4, 0.5) is 17.1 Å². The van der Waals surface area contributed by atoms with Gasteiger partial charge in [-0.25, -0.2) is 0 Å². The number of hydrogen-bond acceptors (Lipinski definition) is 1. The van der Waals surface area contributed by atoms with E-state index in [4.69, 9.17) is 0 Å². The van der Waals surface area contributed by atoms with Crippen molar-refractivity contribution < 1.29 is 0 Å². The number of anilines is 3. The molecule has 0 heterocycles. The summed E-state index contributed by atoms with van der Waals surface area (Å²) in [6.45, 7) is 0. The normalized spacial score (nSPS) is 17.1. The third-order valence-corrected chi connectivity index (χ3v) is 10.1. The molecule has 7 aromatic carbocycles. The molecule has 50 heavy (non-hydrogen) atoms. The molecule has 0 fully saturated rings. The number of hydrogen-bond donors (Lipinski definition) is 0. The second-order valence-electron chi connectivity index (χ2n) is 13.1. The Labute approximate surface area is 294 Å². The van der Waals surface area contributed by atoms with Gasteiger partial charge in [0, 0.05) is 23.0 Å². The third kappa shape index (κ3) is 5.14. The fraction of sp³-hybridized carbons (Fsp3) is 0.0612. The lowest BCUT2D eigenvalue weighted by Gasteiger charge is -2.29. The molecule has 0 aliphatic heterocycles. The van der Waals surface area contributed by atoms with Crippen molar-refractivity contribution in [2.24, 2.45) is 5.92 Å². The monoisotopic (exact) mass is 637 g/mol. The molecule has 2 aliphatic rings. The van der Waals surface area contributed by atoms with E-state index >= 15 is 0 Å². The predicted octanol–water partition coefficient (Wildman–Crippen LogP) is 12.4. The molecule has 2 unspecified atom stereocenters. The fourth-order valence-corrected chi connectivity index (χ4v) is 7.70. The van der Waals surface area contributed by atoms with E-state index in [0.717, 1.165) is 23.5 Å². The maximum Gasteiger partial charge on any atom is 0.107 e. The first-order chi connectivity index (χ1) is 24.8. The SMILES string of the molecule is C(#CC1(c2ccc3ccccc3c2)c2ccccc2-c2cc(N(c3ccccc3)c3ccc(-c4ccccc4)cc3)ccc21)C1C=CC=CC1. The van der Waals surface area contributed by atoms with Crippen LogP contribution < -0.4 is 4.90 Å². The highest BCUT2D eigenvalue weighted by Gasteiger charge is 2.44. The summed E-state index contributed by atoms with van der Waals surface area (Å²) in [5.74, 6) is 7.87. The average Bonchev–Trinajstić information content (AvgIpc) is 3.48. The van der Waals surface area contributed by atoms with Crippen LogP contribution in [0.2, 0.25) is 0 Å². The molecule has 0 saturated heterocycles. The van der Waals surface area contributed by atoms with Gasteiger partial charge in [-0.3, -0.25) is 0 Å². The highest BCUT2D eigenvalue weighted by atomic mass is 15.1. The van der Waals surface area contributed by atoms with Gasteiger partial charge in [-0.1, -0.05) is 164 Å². The van der Waals surface area contributed by atoms with E-state index < -0.39 is 5.41 Å². The van der Waals surface area contributed by atoms with Crippen molar-refractivity contribution in [2.75, 3.05) is 4.90 Å². The lowest BCUT2D eigenvalue weighted by molar-refractivity contribution is 0.814. The van der Waals surface area contributed by atoms with Crippen molar-refractivity contribution in [1.82, 2.24) is 0 Å². The summed E-state index contributed by atoms with van der Waals surface area (Å²) in [6.07, 6.45) is 9.62. The average molecular weight is 638 g/mol. The van der Waals surface area contributed by atoms with E-state index in [-0.39, 0.29) is 5.92 Å². The molecular weight excluding hydrogens is 603 g/mol. The summed E-state index contributed by atoms with van der Waals surface area (Å²) in [5.41, 5.74) is 11.3. The third-order valence-electron chi connectivity index (χ3n) is 10.1. The van der Waals surface area contributed by atoms with Crippen molar-refractivity contribution in [3.05, 3.63) is 211 Å². The van der Waals surface area contributed by atoms with Crippen molar-refractivity contribution >= 4 is 27.8 Å². The number of fused-ring (bicyclic) bond motifs is 4. The first-order valence-corrected chi connectivity index (χ1v) is 17.4. The minimum absolute atomic E-state index is 0.181. The van der Waals surface area contributed by atoms with Crippen molar-refractivity contribution in [3.63, 3.8) is 0 Å². The van der Waals surface area contributed by atoms with E-state index in [1.807, 2.05) is 0 Å². The van der Waals surface area contributed by atoms with Crippen LogP contribution in [0.25, 0.3) is 33.0 Å². The molecule has 0 N–H and O–H groups in total. The van der Waals surface area contributed by atoms with Crippen LogP contribution in [0, 0.1) is 17.8 Å². The lowest BCUT2D eigenvalue weighted by Crippen LogP contribution is -2.25. The van der Waals surface area contributed by atoms with E-state index in [1.165, 1.54) is 49.7 Å². The molecule has 9 rings (SSSR count). The summed E-state index contributed by atoms with van der Waals surface area (Å²) in [7, 11) is 0. The maximum absolute atomic E-state index is 3.94. The Bertz CT molecular complexity index is 2460. The summed E-state index contributed by atoms with van der Waals surface area (Å²) in [6, 6.07) is 61.5. The molecule has 0 aromatic heterocycles. The topological polar surface area (TPSA) is 3.24 Å². The van der Waals surface area contributed by atoms with Crippen LogP contribution in [-0.2, 0) is 5.41 Å². The first kappa shape index (κ1) is 29.8. The van der Waals surface area contributed by atoms with Gasteiger partial charge in [0.15, 0.2) is 0 Å². The summed E-state index contributed by atoms with van der Waals surface area (Å²) in [5, 5.41) is 2.46. The van der Waals surface area contributed by atoms with Crippen molar-refractivity contribution in [2.45, 2.75) is 11.8 Å². The van der Waals surface area contributed by atoms with E-state index in [9.17, 15) is 0 Å². The quantitative estimate of drug-likeness (QED) is 0.170. The van der Waals surface area contributed by atoms with Crippen LogP contribution in [-0.4, -0.2) is 0 Å². The highest BCUT2D eigenvalue weighted by molar-refractivity contribution is 5.92. The molecular formula is C49H35N. The van der Waals surface area contributed by atoms with Crippen LogP contribution >= 0.6 is 0 Å². The Balaban J connectivity index is 1.24. The fourth-order valence-electron chi connectivity index (χ4n) is 7.70. The van der Waals surface area contributed by atoms with Crippen LogP contribution in [0.5, 0.6) is 0 Å². The molecule has 2 atom stereocenters. The second kappa shape index (κ2) is 12.6. The zero-order chi connectivity index (χ0) is 33.3. The van der Waals surface area contributed by atoms with Gasteiger partial charge in [-0.2, -0.15) is 0 Å². The Morgan fingerprint density at radius 2 is 1.16 bits per heavy atom. The van der Waals surface area contributed by atoms with Gasteiger partial charge in [-0.15, -0.1) is 0 Å². The van der Waals surface area contributed by atoms with Gasteiger partial charge < -0.3 is 4.90 Å². The predicted molar refractivity (Wildman–Crippen MR) is 210 cm³/mol. The number of allylic oxidation sites excluding steroid dienone is 4. The van der Waals surface area contributed by atoms with Gasteiger partial charge in [0.1, 0.15) is 5.41 Å². The van der Waals surface area contributed by atoms with Gasteiger partial charge in [-0.05, 0) is 98.6 Å². The minimum Gasteiger partial charge on any atom is -0.310 e. The summed E-state index contributed by atoms with van der Waals surface area (Å²) < 4.78 is 0. The Hall–Kier alpha value is -6.36. The van der Waals surface area contributed by atoms with Crippen LogP contribution in [0.15, 0.2) is 194 Å². The molecule has 0 saturated carbocycles. The Kier molecular flexibility index (Phi) is 7.49. The maximum atomic E-state index is 3.94. The van der Waals surface area contributed by atoms with Crippen LogP contribution in [0.3, 0.4) is 0 Å². The molecule has 0 radical (unpaired) electrons. The second-order valence-corrected chi connectivity index (χ2v) is 13.1. The molecule has 1 nitrogen and oxygen atoms in total. The van der Waals surface area contributed by atoms with Crippen LogP contribution in [0.1, 0.15) is 23.1 Å². The lowest BCUT2D eigenvalue weighted by atomic mass is 9.72. The summed E-state index contributed by atoms with van der Waals surface area (Å²) >= 11 is 0.